The van der Waals surface area contributed by atoms with Crippen molar-refractivity contribution in [2.75, 3.05) is 7.11 Å². The first-order valence-electron chi connectivity index (χ1n) is 5.52. The fourth-order valence-corrected chi connectivity index (χ4v) is 2.21. The maximum Gasteiger partial charge on any atom is 0.251 e. The van der Waals surface area contributed by atoms with Crippen LogP contribution in [0.1, 0.15) is 20.2 Å². The largest absolute Gasteiger partial charge is 0.497 e. The molecule has 5 heteroatoms. The zero-order valence-electron chi connectivity index (χ0n) is 10.3. The minimum atomic E-state index is -0.106. The number of carbonyl (C=O) groups excluding carboxylic acids is 1. The second-order valence-electron chi connectivity index (χ2n) is 3.78. The lowest BCUT2D eigenvalue weighted by Gasteiger charge is -2.04. The van der Waals surface area contributed by atoms with Crippen molar-refractivity contribution in [3.8, 4) is 5.75 Å². The number of amides is 1. The summed E-state index contributed by atoms with van der Waals surface area (Å²) in [7, 11) is 1.60. The summed E-state index contributed by atoms with van der Waals surface area (Å²) in [4.78, 5) is 17.2. The number of thiazole rings is 1. The molecule has 0 atom stereocenters. The molecule has 2 rings (SSSR count). The Morgan fingerprint density at radius 3 is 2.67 bits per heavy atom. The third-order valence-electron chi connectivity index (χ3n) is 2.42. The van der Waals surface area contributed by atoms with Gasteiger partial charge in [-0.2, -0.15) is 0 Å². The van der Waals surface area contributed by atoms with Gasteiger partial charge in [0, 0.05) is 16.6 Å². The molecule has 0 unspecified atom stereocenters. The van der Waals surface area contributed by atoms with E-state index in [2.05, 4.69) is 10.3 Å². The molecule has 0 fully saturated rings. The summed E-state index contributed by atoms with van der Waals surface area (Å²) in [6.07, 6.45) is 1.81. The van der Waals surface area contributed by atoms with Gasteiger partial charge in [-0.15, -0.1) is 11.3 Å². The minimum Gasteiger partial charge on any atom is -0.497 e. The molecule has 1 heterocycles. The van der Waals surface area contributed by atoms with Gasteiger partial charge in [0.05, 0.1) is 13.7 Å². The Hall–Kier alpha value is -1.88. The van der Waals surface area contributed by atoms with Crippen LogP contribution in [0.25, 0.3) is 0 Å². The number of carbonyl (C=O) groups is 1. The highest BCUT2D eigenvalue weighted by molar-refractivity contribution is 7.11. The second kappa shape index (κ2) is 5.64. The van der Waals surface area contributed by atoms with Crippen LogP contribution in [-0.4, -0.2) is 18.0 Å². The van der Waals surface area contributed by atoms with Crippen molar-refractivity contribution in [3.05, 3.63) is 45.9 Å². The first kappa shape index (κ1) is 12.6. The van der Waals surface area contributed by atoms with Gasteiger partial charge in [0.25, 0.3) is 5.91 Å². The summed E-state index contributed by atoms with van der Waals surface area (Å²) in [5.41, 5.74) is 0.615. The van der Waals surface area contributed by atoms with Crippen LogP contribution < -0.4 is 10.1 Å². The van der Waals surface area contributed by atoms with Crippen LogP contribution >= 0.6 is 11.3 Å². The SMILES string of the molecule is COc1ccc(C(=O)NCc2ncc(C)s2)cc1. The molecule has 0 aliphatic heterocycles. The second-order valence-corrected chi connectivity index (χ2v) is 5.10. The van der Waals surface area contributed by atoms with E-state index in [0.29, 0.717) is 12.1 Å². The fourth-order valence-electron chi connectivity index (χ4n) is 1.48. The molecule has 94 valence electrons. The predicted octanol–water partition coefficient (Wildman–Crippen LogP) is 2.39. The molecular weight excluding hydrogens is 248 g/mol. The van der Waals surface area contributed by atoms with Crippen molar-refractivity contribution in [1.82, 2.24) is 10.3 Å². The van der Waals surface area contributed by atoms with Crippen LogP contribution in [0.4, 0.5) is 0 Å². The zero-order valence-corrected chi connectivity index (χ0v) is 11.1. The average Bonchev–Trinajstić information content (AvgIpc) is 2.82. The van der Waals surface area contributed by atoms with Crippen LogP contribution in [-0.2, 0) is 6.54 Å². The Labute approximate surface area is 110 Å². The summed E-state index contributed by atoms with van der Waals surface area (Å²) < 4.78 is 5.04. The van der Waals surface area contributed by atoms with Crippen molar-refractivity contribution in [3.63, 3.8) is 0 Å². The lowest BCUT2D eigenvalue weighted by Crippen LogP contribution is -2.22. The van der Waals surface area contributed by atoms with E-state index in [4.69, 9.17) is 4.74 Å². The van der Waals surface area contributed by atoms with Crippen LogP contribution in [0, 0.1) is 6.92 Å². The molecule has 0 aliphatic rings. The maximum absolute atomic E-state index is 11.8. The third-order valence-corrected chi connectivity index (χ3v) is 3.33. The maximum atomic E-state index is 11.8. The Morgan fingerprint density at radius 1 is 1.39 bits per heavy atom. The molecular formula is C13H14N2O2S. The van der Waals surface area contributed by atoms with Crippen molar-refractivity contribution in [2.24, 2.45) is 0 Å². The van der Waals surface area contributed by atoms with Crippen LogP contribution in [0.5, 0.6) is 5.75 Å². The highest BCUT2D eigenvalue weighted by atomic mass is 32.1. The molecule has 4 nitrogen and oxygen atoms in total. The van der Waals surface area contributed by atoms with Gasteiger partial charge in [0.15, 0.2) is 0 Å². The monoisotopic (exact) mass is 262 g/mol. The Kier molecular flexibility index (Phi) is 3.94. The van der Waals surface area contributed by atoms with Gasteiger partial charge in [-0.05, 0) is 31.2 Å². The van der Waals surface area contributed by atoms with Gasteiger partial charge in [-0.3, -0.25) is 4.79 Å². The molecule has 1 aromatic carbocycles. The Bertz CT molecular complexity index is 534. The highest BCUT2D eigenvalue weighted by Crippen LogP contribution is 2.13. The lowest BCUT2D eigenvalue weighted by atomic mass is 10.2. The summed E-state index contributed by atoms with van der Waals surface area (Å²) in [6, 6.07) is 7.01. The van der Waals surface area contributed by atoms with Crippen molar-refractivity contribution in [2.45, 2.75) is 13.5 Å². The first-order chi connectivity index (χ1) is 8.69. The number of nitrogens with one attached hydrogen (secondary N) is 1. The lowest BCUT2D eigenvalue weighted by molar-refractivity contribution is 0.0951. The molecule has 0 bridgehead atoms. The number of benzene rings is 1. The van der Waals surface area contributed by atoms with Crippen molar-refractivity contribution < 1.29 is 9.53 Å². The molecule has 18 heavy (non-hydrogen) atoms. The first-order valence-corrected chi connectivity index (χ1v) is 6.34. The van der Waals surface area contributed by atoms with Crippen LogP contribution in [0.15, 0.2) is 30.5 Å². The van der Waals surface area contributed by atoms with E-state index in [1.54, 1.807) is 48.9 Å². The van der Waals surface area contributed by atoms with Crippen molar-refractivity contribution in [1.29, 1.82) is 0 Å². The molecule has 1 amide bonds. The van der Waals surface area contributed by atoms with Crippen LogP contribution in [0.2, 0.25) is 0 Å². The molecule has 0 radical (unpaired) electrons. The minimum absolute atomic E-state index is 0.106. The van der Waals surface area contributed by atoms with E-state index >= 15 is 0 Å². The van der Waals surface area contributed by atoms with E-state index in [-0.39, 0.29) is 5.91 Å². The van der Waals surface area contributed by atoms with E-state index in [9.17, 15) is 4.79 Å². The predicted molar refractivity (Wildman–Crippen MR) is 71.0 cm³/mol. The average molecular weight is 262 g/mol. The van der Waals surface area contributed by atoms with Gasteiger partial charge in [-0.1, -0.05) is 0 Å². The zero-order chi connectivity index (χ0) is 13.0. The third kappa shape index (κ3) is 3.07. The number of rotatable bonds is 4. The summed E-state index contributed by atoms with van der Waals surface area (Å²) in [5.74, 6) is 0.632. The number of ether oxygens (including phenoxy) is 1. The smallest absolute Gasteiger partial charge is 0.251 e. The summed E-state index contributed by atoms with van der Waals surface area (Å²) in [5, 5.41) is 3.75. The number of aromatic nitrogens is 1. The normalized spacial score (nSPS) is 10.1. The van der Waals surface area contributed by atoms with E-state index < -0.39 is 0 Å². The standard InChI is InChI=1S/C13H14N2O2S/c1-9-7-14-12(18-9)8-15-13(16)10-3-5-11(17-2)6-4-10/h3-7H,8H2,1-2H3,(H,15,16). The van der Waals surface area contributed by atoms with Gasteiger partial charge in [0.2, 0.25) is 0 Å². The molecule has 0 saturated heterocycles. The van der Waals surface area contributed by atoms with E-state index in [1.807, 2.05) is 6.92 Å². The van der Waals surface area contributed by atoms with Gasteiger partial charge >= 0.3 is 0 Å². The molecule has 1 N–H and O–H groups in total. The van der Waals surface area contributed by atoms with E-state index in [0.717, 1.165) is 15.6 Å². The Balaban J connectivity index is 1.94. The summed E-state index contributed by atoms with van der Waals surface area (Å²) >= 11 is 1.59. The summed E-state index contributed by atoms with van der Waals surface area (Å²) in [6.45, 7) is 2.45. The number of hydrogen-bond donors (Lipinski definition) is 1. The fraction of sp³-hybridized carbons (Fsp3) is 0.231. The molecule has 0 aliphatic carbocycles. The molecule has 1 aromatic heterocycles. The van der Waals surface area contributed by atoms with E-state index in [1.165, 1.54) is 0 Å². The van der Waals surface area contributed by atoms with Gasteiger partial charge in [-0.25, -0.2) is 4.98 Å². The number of hydrogen-bond acceptors (Lipinski definition) is 4. The molecule has 0 saturated carbocycles. The van der Waals surface area contributed by atoms with Gasteiger partial charge in [0.1, 0.15) is 10.8 Å². The topological polar surface area (TPSA) is 51.2 Å². The Morgan fingerprint density at radius 2 is 2.11 bits per heavy atom. The van der Waals surface area contributed by atoms with Crippen molar-refractivity contribution >= 4 is 17.2 Å². The van der Waals surface area contributed by atoms with Crippen LogP contribution in [0.3, 0.4) is 0 Å². The number of aryl methyl sites for hydroxylation is 1. The number of methoxy groups -OCH3 is 1. The number of nitrogens with zero attached hydrogens (tertiary/aromatic N) is 1. The highest BCUT2D eigenvalue weighted by Gasteiger charge is 2.06. The molecule has 0 spiro atoms. The molecule has 2 aromatic rings. The van der Waals surface area contributed by atoms with Gasteiger partial charge < -0.3 is 10.1 Å². The quantitative estimate of drug-likeness (QED) is 0.920.